The fourth-order valence-corrected chi connectivity index (χ4v) is 8.13. The molecule has 2 saturated heterocycles. The Morgan fingerprint density at radius 2 is 1.96 bits per heavy atom. The number of hydrogen-bond acceptors (Lipinski definition) is 8. The Morgan fingerprint density at radius 3 is 2.65 bits per heavy atom. The van der Waals surface area contributed by atoms with Crippen LogP contribution in [0.4, 0.5) is 41.6 Å². The van der Waals surface area contributed by atoms with Crippen LogP contribution in [0, 0.1) is 23.0 Å². The molecule has 4 aromatic rings. The van der Waals surface area contributed by atoms with Gasteiger partial charge in [0.05, 0.1) is 21.4 Å². The molecule has 3 fully saturated rings. The number of nitrogens with zero attached hydrogens (tertiary/aromatic N) is 5. The second-order valence-electron chi connectivity index (χ2n) is 12.3. The quantitative estimate of drug-likeness (QED) is 0.219. The van der Waals surface area contributed by atoms with Crippen molar-refractivity contribution in [1.29, 1.82) is 5.26 Å². The van der Waals surface area contributed by atoms with Crippen LogP contribution in [0.25, 0.3) is 32.1 Å². The maximum Gasteiger partial charge on any atom is 0.417 e. The molecule has 7 nitrogen and oxygen atoms in total. The molecule has 2 N–H and O–H groups in total. The fourth-order valence-electron chi connectivity index (χ4n) is 7.18. The first-order valence-corrected chi connectivity index (χ1v) is 15.5. The van der Waals surface area contributed by atoms with Crippen molar-refractivity contribution in [1.82, 2.24) is 14.9 Å². The van der Waals surface area contributed by atoms with Gasteiger partial charge in [-0.3, -0.25) is 4.90 Å². The number of aromatic nitrogens is 2. The van der Waals surface area contributed by atoms with Gasteiger partial charge >= 0.3 is 12.2 Å². The van der Waals surface area contributed by atoms with E-state index in [9.17, 15) is 31.6 Å². The van der Waals surface area contributed by atoms with Crippen LogP contribution in [0.3, 0.4) is 0 Å². The summed E-state index contributed by atoms with van der Waals surface area (Å²) >= 11 is 0.671. The molecule has 2 aromatic carbocycles. The predicted octanol–water partition coefficient (Wildman–Crippen LogP) is 7.15. The van der Waals surface area contributed by atoms with Crippen LogP contribution < -0.4 is 15.4 Å². The molecule has 4 heterocycles. The zero-order chi connectivity index (χ0) is 32.7. The van der Waals surface area contributed by atoms with Gasteiger partial charge in [0.25, 0.3) is 0 Å². The normalized spacial score (nSPS) is 24.7. The molecule has 7 rings (SSSR count). The molecule has 2 aromatic heterocycles. The number of rotatable bonds is 6. The number of fused-ring (bicyclic) bond motifs is 3. The number of hydrogen-bond donors (Lipinski definition) is 1. The Hall–Kier alpha value is -3.90. The summed E-state index contributed by atoms with van der Waals surface area (Å²) in [6, 6.07) is 3.63. The molecular formula is C31H27F7N6OS. The van der Waals surface area contributed by atoms with E-state index in [1.807, 2.05) is 4.90 Å². The number of thiophene rings is 1. The van der Waals surface area contributed by atoms with Gasteiger partial charge in [0.15, 0.2) is 5.82 Å². The highest BCUT2D eigenvalue weighted by Gasteiger charge is 2.49. The topological polar surface area (TPSA) is 91.3 Å². The van der Waals surface area contributed by atoms with Crippen molar-refractivity contribution in [3.8, 4) is 23.2 Å². The van der Waals surface area contributed by atoms with Gasteiger partial charge in [-0.25, -0.2) is 17.6 Å². The van der Waals surface area contributed by atoms with Crippen molar-refractivity contribution in [2.75, 3.05) is 37.4 Å². The lowest BCUT2D eigenvalue weighted by Crippen LogP contribution is -2.44. The first kappa shape index (κ1) is 30.7. The van der Waals surface area contributed by atoms with E-state index in [4.69, 9.17) is 10.5 Å². The van der Waals surface area contributed by atoms with Crippen molar-refractivity contribution in [2.24, 2.45) is 0 Å². The largest absolute Gasteiger partial charge is 0.461 e. The molecule has 15 heteroatoms. The van der Waals surface area contributed by atoms with Gasteiger partial charge in [-0.05, 0) is 49.9 Å². The van der Waals surface area contributed by atoms with Crippen LogP contribution >= 0.6 is 11.3 Å². The van der Waals surface area contributed by atoms with Gasteiger partial charge in [-0.1, -0.05) is 6.07 Å². The molecule has 0 bridgehead atoms. The van der Waals surface area contributed by atoms with Gasteiger partial charge in [-0.15, -0.1) is 11.3 Å². The van der Waals surface area contributed by atoms with Crippen molar-refractivity contribution >= 4 is 43.1 Å². The molecule has 2 unspecified atom stereocenters. The summed E-state index contributed by atoms with van der Waals surface area (Å²) in [6.45, 7) is 0.917. The fraction of sp³-hybridized carbons (Fsp3) is 0.452. The summed E-state index contributed by atoms with van der Waals surface area (Å²) in [6.07, 6.45) is -5.33. The maximum absolute atomic E-state index is 16.8. The molecule has 0 amide bonds. The molecule has 2 atom stereocenters. The third-order valence-electron chi connectivity index (χ3n) is 9.56. The molecule has 0 radical (unpaired) electrons. The number of halogens is 7. The SMILES string of the molecule is CN(c1nc(OCC23CCCN2CC(F)C3)nc2c(F)c(-c3ccc(F)c4sc(N)c(C#N)c34)c(C(F)(F)F)cc12)C1CC(F)C1. The van der Waals surface area contributed by atoms with E-state index in [0.717, 1.165) is 18.6 Å². The number of nitrogen functional groups attached to an aromatic ring is 1. The lowest BCUT2D eigenvalue weighted by Gasteiger charge is -2.38. The number of benzene rings is 2. The second-order valence-corrected chi connectivity index (χ2v) is 13.3. The Balaban J connectivity index is 1.45. The second kappa shape index (κ2) is 10.8. The molecule has 242 valence electrons. The van der Waals surface area contributed by atoms with Gasteiger partial charge < -0.3 is 15.4 Å². The van der Waals surface area contributed by atoms with E-state index in [1.54, 1.807) is 6.07 Å². The first-order chi connectivity index (χ1) is 21.8. The summed E-state index contributed by atoms with van der Waals surface area (Å²) in [4.78, 5) is 12.1. The number of nitriles is 1. The van der Waals surface area contributed by atoms with Crippen LogP contribution in [0.15, 0.2) is 18.2 Å². The maximum atomic E-state index is 16.8. The van der Waals surface area contributed by atoms with E-state index in [-0.39, 0.29) is 75.8 Å². The van der Waals surface area contributed by atoms with Crippen molar-refractivity contribution in [3.63, 3.8) is 0 Å². The Bertz CT molecular complexity index is 1920. The minimum Gasteiger partial charge on any atom is -0.461 e. The standard InChI is InChI=1S/C31H27F7N6OS/c1-43(16-7-14(32)8-16)28-18-9-20(31(36,37)38)23(17-3-4-21(34)26-22(17)19(11-39)27(40)46-26)24(35)25(18)41-29(42-28)45-13-30-5-2-6-44(30)12-15(33)10-30/h3-4,9,14-16H,2,5-8,10,12-13,40H2,1H3. The van der Waals surface area contributed by atoms with Crippen LogP contribution in [0.1, 0.15) is 43.2 Å². The third-order valence-corrected chi connectivity index (χ3v) is 10.6. The van der Waals surface area contributed by atoms with Gasteiger partial charge in [0.2, 0.25) is 0 Å². The average molecular weight is 665 g/mol. The van der Waals surface area contributed by atoms with Crippen molar-refractivity contribution in [3.05, 3.63) is 41.0 Å². The first-order valence-electron chi connectivity index (χ1n) is 14.7. The predicted molar refractivity (Wildman–Crippen MR) is 159 cm³/mol. The van der Waals surface area contributed by atoms with E-state index < -0.39 is 58.4 Å². The molecule has 2 aliphatic heterocycles. The zero-order valence-electron chi connectivity index (χ0n) is 24.4. The average Bonchev–Trinajstić information content (AvgIpc) is 3.63. The summed E-state index contributed by atoms with van der Waals surface area (Å²) < 4.78 is 110. The van der Waals surface area contributed by atoms with Crippen molar-refractivity contribution in [2.45, 2.75) is 62.2 Å². The molecule has 3 aliphatic rings. The molecule has 46 heavy (non-hydrogen) atoms. The summed E-state index contributed by atoms with van der Waals surface area (Å²) in [5, 5.41) is 9.07. The zero-order valence-corrected chi connectivity index (χ0v) is 25.2. The van der Waals surface area contributed by atoms with Crippen LogP contribution in [-0.4, -0.2) is 65.5 Å². The molecular weight excluding hydrogens is 637 g/mol. The number of anilines is 2. The number of alkyl halides is 5. The minimum atomic E-state index is -5.11. The van der Waals surface area contributed by atoms with Gasteiger partial charge in [0, 0.05) is 42.4 Å². The number of nitrogens with two attached hydrogens (primary N) is 1. The monoisotopic (exact) mass is 664 g/mol. The third kappa shape index (κ3) is 4.79. The van der Waals surface area contributed by atoms with E-state index >= 15 is 4.39 Å². The van der Waals surface area contributed by atoms with Crippen molar-refractivity contribution < 1.29 is 35.5 Å². The highest BCUT2D eigenvalue weighted by atomic mass is 32.1. The van der Waals surface area contributed by atoms with E-state index in [1.165, 1.54) is 11.9 Å². The lowest BCUT2D eigenvalue weighted by molar-refractivity contribution is -0.137. The molecule has 0 spiro atoms. The van der Waals surface area contributed by atoms with E-state index in [0.29, 0.717) is 30.4 Å². The lowest BCUT2D eigenvalue weighted by atomic mass is 9.89. The minimum absolute atomic E-state index is 0.0224. The highest BCUT2D eigenvalue weighted by Crippen LogP contribution is 2.48. The Labute approximate surface area is 262 Å². The summed E-state index contributed by atoms with van der Waals surface area (Å²) in [7, 11) is 1.53. The van der Waals surface area contributed by atoms with Crippen LogP contribution in [0.5, 0.6) is 6.01 Å². The Kier molecular flexibility index (Phi) is 7.24. The molecule has 1 saturated carbocycles. The van der Waals surface area contributed by atoms with Gasteiger partial charge in [-0.2, -0.15) is 28.4 Å². The Morgan fingerprint density at radius 1 is 1.20 bits per heavy atom. The summed E-state index contributed by atoms with van der Waals surface area (Å²) in [5.41, 5.74) is 1.78. The highest BCUT2D eigenvalue weighted by molar-refractivity contribution is 7.23. The molecule has 1 aliphatic carbocycles. The smallest absolute Gasteiger partial charge is 0.417 e. The van der Waals surface area contributed by atoms with Crippen LogP contribution in [0.2, 0.25) is 0 Å². The van der Waals surface area contributed by atoms with Crippen LogP contribution in [-0.2, 0) is 6.18 Å². The van der Waals surface area contributed by atoms with E-state index in [2.05, 4.69) is 9.97 Å². The van der Waals surface area contributed by atoms with Gasteiger partial charge in [0.1, 0.15) is 47.2 Å². The number of ether oxygens (including phenoxy) is 1. The summed E-state index contributed by atoms with van der Waals surface area (Å²) in [5.74, 6) is -2.32.